The van der Waals surface area contributed by atoms with Crippen molar-refractivity contribution >= 4 is 39.3 Å². The van der Waals surface area contributed by atoms with Gasteiger partial charge in [-0.05, 0) is 41.8 Å². The Hall–Kier alpha value is -0.880. The number of carbonyl (C=O) groups is 1. The van der Waals surface area contributed by atoms with Crippen LogP contribution in [0, 0.1) is 3.57 Å². The predicted octanol–water partition coefficient (Wildman–Crippen LogP) is 2.17. The van der Waals surface area contributed by atoms with Crippen molar-refractivity contribution in [1.82, 2.24) is 10.3 Å². The molecular weight excluding hydrogens is 303 g/mol. The fraction of sp³-hybridized carbons (Fsp3) is 0.182. The van der Waals surface area contributed by atoms with Gasteiger partial charge in [0, 0.05) is 26.2 Å². The first-order chi connectivity index (χ1) is 7.22. The van der Waals surface area contributed by atoms with Crippen LogP contribution in [0.3, 0.4) is 0 Å². The van der Waals surface area contributed by atoms with Crippen LogP contribution in [0.5, 0.6) is 0 Å². The van der Waals surface area contributed by atoms with Crippen molar-refractivity contribution < 1.29 is 4.79 Å². The number of halogens is 1. The number of aromatic amines is 1. The molecule has 0 unspecified atom stereocenters. The largest absolute Gasteiger partial charge is 0.360 e. The van der Waals surface area contributed by atoms with Gasteiger partial charge in [-0.2, -0.15) is 0 Å². The van der Waals surface area contributed by atoms with Crippen molar-refractivity contribution in [3.63, 3.8) is 0 Å². The molecule has 1 heterocycles. The van der Waals surface area contributed by atoms with E-state index in [2.05, 4.69) is 32.9 Å². The van der Waals surface area contributed by atoms with Gasteiger partial charge < -0.3 is 10.3 Å². The lowest BCUT2D eigenvalue weighted by molar-refractivity contribution is 0.0995. The highest BCUT2D eigenvalue weighted by molar-refractivity contribution is 14.1. The number of Topliss-reactive ketones (excluding diaryl/α,β-unsaturated/α-hetero) is 1. The molecule has 1 aromatic carbocycles. The Morgan fingerprint density at radius 1 is 1.53 bits per heavy atom. The minimum Gasteiger partial charge on any atom is -0.360 e. The molecule has 0 spiro atoms. The summed E-state index contributed by atoms with van der Waals surface area (Å²) in [4.78, 5) is 14.8. The highest BCUT2D eigenvalue weighted by atomic mass is 127. The molecule has 0 aliphatic rings. The summed E-state index contributed by atoms with van der Waals surface area (Å²) in [6, 6.07) is 6.02. The van der Waals surface area contributed by atoms with Gasteiger partial charge in [0.25, 0.3) is 0 Å². The number of rotatable bonds is 3. The van der Waals surface area contributed by atoms with Crippen molar-refractivity contribution in [1.29, 1.82) is 0 Å². The number of hydrogen-bond donors (Lipinski definition) is 2. The molecule has 0 saturated heterocycles. The van der Waals surface area contributed by atoms with Crippen LogP contribution in [0.1, 0.15) is 10.4 Å². The van der Waals surface area contributed by atoms with Crippen molar-refractivity contribution in [2.75, 3.05) is 13.6 Å². The zero-order chi connectivity index (χ0) is 10.8. The van der Waals surface area contributed by atoms with Crippen LogP contribution in [0.15, 0.2) is 24.4 Å². The fourth-order valence-electron chi connectivity index (χ4n) is 1.58. The van der Waals surface area contributed by atoms with Gasteiger partial charge >= 0.3 is 0 Å². The molecule has 0 aliphatic carbocycles. The number of aromatic nitrogens is 1. The van der Waals surface area contributed by atoms with Crippen molar-refractivity contribution in [3.05, 3.63) is 33.5 Å². The molecule has 0 amide bonds. The molecule has 0 aliphatic heterocycles. The van der Waals surface area contributed by atoms with E-state index in [1.807, 2.05) is 18.2 Å². The van der Waals surface area contributed by atoms with Gasteiger partial charge in [-0.1, -0.05) is 6.07 Å². The summed E-state index contributed by atoms with van der Waals surface area (Å²) < 4.78 is 1.16. The number of benzene rings is 1. The molecule has 2 rings (SSSR count). The number of H-pyrrole nitrogens is 1. The highest BCUT2D eigenvalue weighted by Crippen LogP contribution is 2.20. The zero-order valence-electron chi connectivity index (χ0n) is 8.30. The van der Waals surface area contributed by atoms with Crippen LogP contribution < -0.4 is 5.32 Å². The first-order valence-corrected chi connectivity index (χ1v) is 5.74. The van der Waals surface area contributed by atoms with Crippen LogP contribution in [0.4, 0.5) is 0 Å². The highest BCUT2D eigenvalue weighted by Gasteiger charge is 2.10. The lowest BCUT2D eigenvalue weighted by atomic mass is 10.1. The molecule has 15 heavy (non-hydrogen) atoms. The monoisotopic (exact) mass is 314 g/mol. The quantitative estimate of drug-likeness (QED) is 0.674. The van der Waals surface area contributed by atoms with Crippen LogP contribution in [0.25, 0.3) is 10.9 Å². The van der Waals surface area contributed by atoms with Crippen molar-refractivity contribution in [2.24, 2.45) is 0 Å². The van der Waals surface area contributed by atoms with E-state index < -0.39 is 0 Å². The molecule has 2 aromatic rings. The number of likely N-dealkylation sites (N-methyl/N-ethyl adjacent to an activating group) is 1. The molecule has 78 valence electrons. The average molecular weight is 314 g/mol. The van der Waals surface area contributed by atoms with Crippen LogP contribution in [-0.2, 0) is 0 Å². The summed E-state index contributed by atoms with van der Waals surface area (Å²) in [7, 11) is 1.77. The van der Waals surface area contributed by atoms with Crippen LogP contribution in [0.2, 0.25) is 0 Å². The molecule has 0 radical (unpaired) electrons. The lowest BCUT2D eigenvalue weighted by Gasteiger charge is -1.97. The van der Waals surface area contributed by atoms with Crippen LogP contribution >= 0.6 is 22.6 Å². The molecule has 0 fully saturated rings. The topological polar surface area (TPSA) is 44.9 Å². The van der Waals surface area contributed by atoms with Crippen molar-refractivity contribution in [2.45, 2.75) is 0 Å². The maximum atomic E-state index is 11.7. The summed E-state index contributed by atoms with van der Waals surface area (Å²) in [5.74, 6) is 0.116. The third kappa shape index (κ3) is 2.05. The summed E-state index contributed by atoms with van der Waals surface area (Å²) in [5.41, 5.74) is 1.78. The minimum atomic E-state index is 0.116. The van der Waals surface area contributed by atoms with E-state index in [9.17, 15) is 4.79 Å². The second-order valence-corrected chi connectivity index (χ2v) is 4.59. The van der Waals surface area contributed by atoms with Gasteiger partial charge in [0.05, 0.1) is 6.54 Å². The van der Waals surface area contributed by atoms with Gasteiger partial charge in [0.2, 0.25) is 0 Å². The van der Waals surface area contributed by atoms with Gasteiger partial charge in [0.1, 0.15) is 0 Å². The van der Waals surface area contributed by atoms with Crippen LogP contribution in [-0.4, -0.2) is 24.4 Å². The van der Waals surface area contributed by atoms with E-state index in [4.69, 9.17) is 0 Å². The minimum absolute atomic E-state index is 0.116. The Balaban J connectivity index is 2.49. The number of carbonyl (C=O) groups excluding carboxylic acids is 1. The first-order valence-electron chi connectivity index (χ1n) is 4.67. The third-order valence-electron chi connectivity index (χ3n) is 2.28. The maximum Gasteiger partial charge on any atom is 0.178 e. The summed E-state index contributed by atoms with van der Waals surface area (Å²) in [6.45, 7) is 0.374. The van der Waals surface area contributed by atoms with E-state index in [-0.39, 0.29) is 5.78 Å². The second-order valence-electron chi connectivity index (χ2n) is 3.35. The second kappa shape index (κ2) is 4.32. The summed E-state index contributed by atoms with van der Waals surface area (Å²) in [5, 5.41) is 3.86. The normalized spacial score (nSPS) is 10.8. The number of ketones is 1. The summed E-state index contributed by atoms with van der Waals surface area (Å²) >= 11 is 2.25. The molecule has 0 atom stereocenters. The van der Waals surface area contributed by atoms with Crippen molar-refractivity contribution in [3.8, 4) is 0 Å². The van der Waals surface area contributed by atoms with E-state index in [1.54, 1.807) is 13.2 Å². The van der Waals surface area contributed by atoms with E-state index in [1.165, 1.54) is 0 Å². The molecule has 0 bridgehead atoms. The maximum absolute atomic E-state index is 11.7. The third-order valence-corrected chi connectivity index (χ3v) is 2.95. The molecular formula is C11H11IN2O. The SMILES string of the molecule is CNCC(=O)c1c[nH]c2cc(I)ccc12. The zero-order valence-corrected chi connectivity index (χ0v) is 10.5. The summed E-state index contributed by atoms with van der Waals surface area (Å²) in [6.07, 6.45) is 1.78. The fourth-order valence-corrected chi connectivity index (χ4v) is 2.08. The first kappa shape index (κ1) is 10.6. The molecule has 3 nitrogen and oxygen atoms in total. The van der Waals surface area contributed by atoms with Gasteiger partial charge in [-0.25, -0.2) is 0 Å². The predicted molar refractivity (Wildman–Crippen MR) is 69.3 cm³/mol. The Morgan fingerprint density at radius 3 is 3.07 bits per heavy atom. The smallest absolute Gasteiger partial charge is 0.178 e. The average Bonchev–Trinajstić information content (AvgIpc) is 2.60. The van der Waals surface area contributed by atoms with E-state index >= 15 is 0 Å². The number of hydrogen-bond acceptors (Lipinski definition) is 2. The Labute approximate surface area is 101 Å². The molecule has 4 heteroatoms. The molecule has 2 N–H and O–H groups in total. The molecule has 1 aromatic heterocycles. The Morgan fingerprint density at radius 2 is 2.33 bits per heavy atom. The Kier molecular flexibility index (Phi) is 3.06. The Bertz CT molecular complexity index is 504. The van der Waals surface area contributed by atoms with Gasteiger partial charge in [-0.3, -0.25) is 4.79 Å². The standard InChI is InChI=1S/C11H11IN2O/c1-13-6-11(15)9-5-14-10-4-7(12)2-3-8(9)10/h2-5,13-14H,6H2,1H3. The number of nitrogens with one attached hydrogen (secondary N) is 2. The van der Waals surface area contributed by atoms with E-state index in [0.717, 1.165) is 20.0 Å². The van der Waals surface area contributed by atoms with Gasteiger partial charge in [-0.15, -0.1) is 0 Å². The molecule has 0 saturated carbocycles. The van der Waals surface area contributed by atoms with E-state index in [0.29, 0.717) is 6.54 Å². The number of fused-ring (bicyclic) bond motifs is 1. The van der Waals surface area contributed by atoms with Gasteiger partial charge in [0.15, 0.2) is 5.78 Å². The lowest BCUT2D eigenvalue weighted by Crippen LogP contribution is -2.18.